The molecule has 0 aromatic rings. The van der Waals surface area contributed by atoms with Gasteiger partial charge in [0.05, 0.1) is 18.8 Å². The van der Waals surface area contributed by atoms with E-state index < -0.39 is 28.2 Å². The summed E-state index contributed by atoms with van der Waals surface area (Å²) >= 11 is 0. The minimum atomic E-state index is -3.54. The summed E-state index contributed by atoms with van der Waals surface area (Å²) in [5.74, 6) is -1.57. The van der Waals surface area contributed by atoms with Crippen molar-refractivity contribution in [2.45, 2.75) is 13.3 Å². The van der Waals surface area contributed by atoms with Gasteiger partial charge in [-0.2, -0.15) is 4.31 Å². The van der Waals surface area contributed by atoms with Gasteiger partial charge in [0.15, 0.2) is 0 Å². The SMILES string of the molecule is CCN(CCO)S(=O)(=O)CCC(=O)O. The molecule has 6 nitrogen and oxygen atoms in total. The summed E-state index contributed by atoms with van der Waals surface area (Å²) in [7, 11) is -3.54. The molecule has 0 atom stereocenters. The first-order valence-corrected chi connectivity index (χ1v) is 5.85. The second kappa shape index (κ2) is 5.94. The van der Waals surface area contributed by atoms with Gasteiger partial charge in [0.25, 0.3) is 0 Å². The molecule has 0 aliphatic carbocycles. The van der Waals surface area contributed by atoms with E-state index in [1.54, 1.807) is 6.92 Å². The number of aliphatic hydroxyl groups excluding tert-OH is 1. The number of carbonyl (C=O) groups is 1. The maximum Gasteiger partial charge on any atom is 0.304 e. The molecule has 0 aliphatic heterocycles. The molecule has 84 valence electrons. The van der Waals surface area contributed by atoms with Crippen LogP contribution in [0.4, 0.5) is 0 Å². The number of hydrogen-bond donors (Lipinski definition) is 2. The van der Waals surface area contributed by atoms with Crippen LogP contribution in [-0.4, -0.2) is 54.4 Å². The van der Waals surface area contributed by atoms with E-state index >= 15 is 0 Å². The van der Waals surface area contributed by atoms with Gasteiger partial charge in [-0.05, 0) is 0 Å². The van der Waals surface area contributed by atoms with Crippen LogP contribution in [0.15, 0.2) is 0 Å². The van der Waals surface area contributed by atoms with Gasteiger partial charge in [-0.15, -0.1) is 0 Å². The predicted molar refractivity (Wildman–Crippen MR) is 50.4 cm³/mol. The zero-order valence-electron chi connectivity index (χ0n) is 8.01. The Morgan fingerprint density at radius 2 is 2.00 bits per heavy atom. The lowest BCUT2D eigenvalue weighted by Gasteiger charge is -2.18. The van der Waals surface area contributed by atoms with Crippen molar-refractivity contribution in [1.29, 1.82) is 0 Å². The van der Waals surface area contributed by atoms with Crippen LogP contribution in [-0.2, 0) is 14.8 Å². The summed E-state index contributed by atoms with van der Waals surface area (Å²) in [6.07, 6.45) is -0.412. The first kappa shape index (κ1) is 13.3. The number of rotatable bonds is 7. The Morgan fingerprint density at radius 1 is 1.43 bits per heavy atom. The number of likely N-dealkylation sites (N-methyl/N-ethyl adjacent to an activating group) is 1. The highest BCUT2D eigenvalue weighted by Crippen LogP contribution is 2.02. The predicted octanol–water partition coefficient (Wildman–Crippen LogP) is -0.895. The summed E-state index contributed by atoms with van der Waals surface area (Å²) in [5.41, 5.74) is 0. The molecule has 0 unspecified atom stereocenters. The fourth-order valence-corrected chi connectivity index (χ4v) is 2.39. The molecule has 0 bridgehead atoms. The van der Waals surface area contributed by atoms with E-state index in [4.69, 9.17) is 10.2 Å². The molecule has 0 rings (SSSR count). The van der Waals surface area contributed by atoms with Crippen molar-refractivity contribution in [2.75, 3.05) is 25.4 Å². The largest absolute Gasteiger partial charge is 0.481 e. The molecule has 0 fully saturated rings. The molecule has 0 aromatic heterocycles. The van der Waals surface area contributed by atoms with Crippen molar-refractivity contribution in [3.8, 4) is 0 Å². The average Bonchev–Trinajstić information content (AvgIpc) is 2.11. The van der Waals surface area contributed by atoms with E-state index in [1.165, 1.54) is 0 Å². The number of sulfonamides is 1. The molecule has 2 N–H and O–H groups in total. The van der Waals surface area contributed by atoms with Crippen LogP contribution in [0.5, 0.6) is 0 Å². The third-order valence-corrected chi connectivity index (χ3v) is 3.62. The van der Waals surface area contributed by atoms with Gasteiger partial charge in [-0.1, -0.05) is 6.92 Å². The minimum absolute atomic E-state index is 0.0124. The van der Waals surface area contributed by atoms with E-state index in [2.05, 4.69) is 0 Å². The third kappa shape index (κ3) is 4.54. The second-order valence-corrected chi connectivity index (χ2v) is 4.76. The molecule has 7 heteroatoms. The van der Waals surface area contributed by atoms with Crippen molar-refractivity contribution in [2.24, 2.45) is 0 Å². The van der Waals surface area contributed by atoms with Crippen LogP contribution in [0.25, 0.3) is 0 Å². The zero-order valence-corrected chi connectivity index (χ0v) is 8.83. The molecule has 0 aromatic carbocycles. The van der Waals surface area contributed by atoms with Crippen LogP contribution in [0.1, 0.15) is 13.3 Å². The Kier molecular flexibility index (Phi) is 5.66. The monoisotopic (exact) mass is 225 g/mol. The molecule has 14 heavy (non-hydrogen) atoms. The molecule has 0 saturated carbocycles. The Labute approximate surface area is 83.2 Å². The molecular formula is C7H15NO5S. The lowest BCUT2D eigenvalue weighted by atomic mass is 10.5. The minimum Gasteiger partial charge on any atom is -0.481 e. The van der Waals surface area contributed by atoms with Crippen LogP contribution in [0.2, 0.25) is 0 Å². The van der Waals surface area contributed by atoms with Gasteiger partial charge in [-0.25, -0.2) is 8.42 Å². The van der Waals surface area contributed by atoms with Crippen molar-refractivity contribution in [1.82, 2.24) is 4.31 Å². The van der Waals surface area contributed by atoms with Crippen molar-refractivity contribution >= 4 is 16.0 Å². The third-order valence-electron chi connectivity index (χ3n) is 1.67. The van der Waals surface area contributed by atoms with Gasteiger partial charge in [-0.3, -0.25) is 4.79 Å². The van der Waals surface area contributed by atoms with Gasteiger partial charge in [0, 0.05) is 13.1 Å². The smallest absolute Gasteiger partial charge is 0.304 e. The van der Waals surface area contributed by atoms with Crippen molar-refractivity contribution < 1.29 is 23.4 Å². The maximum absolute atomic E-state index is 11.4. The van der Waals surface area contributed by atoms with E-state index in [0.717, 1.165) is 4.31 Å². The number of nitrogens with zero attached hydrogens (tertiary/aromatic N) is 1. The summed E-state index contributed by atoms with van der Waals surface area (Å²) in [5, 5.41) is 16.9. The molecule has 0 aliphatic rings. The molecule has 0 saturated heterocycles. The Hall–Kier alpha value is -0.660. The van der Waals surface area contributed by atoms with Crippen LogP contribution in [0, 0.1) is 0 Å². The van der Waals surface area contributed by atoms with Gasteiger partial charge in [0.2, 0.25) is 10.0 Å². The highest BCUT2D eigenvalue weighted by atomic mass is 32.2. The van der Waals surface area contributed by atoms with Crippen LogP contribution >= 0.6 is 0 Å². The number of hydrogen-bond acceptors (Lipinski definition) is 4. The summed E-state index contributed by atoms with van der Waals surface area (Å²) in [6.45, 7) is 1.62. The zero-order chi connectivity index (χ0) is 11.2. The number of carboxylic acid groups (broad SMARTS) is 1. The highest BCUT2D eigenvalue weighted by Gasteiger charge is 2.20. The van der Waals surface area contributed by atoms with Gasteiger partial charge < -0.3 is 10.2 Å². The molecular weight excluding hydrogens is 210 g/mol. The fraction of sp³-hybridized carbons (Fsp3) is 0.857. The second-order valence-electron chi connectivity index (χ2n) is 2.68. The summed E-state index contributed by atoms with van der Waals surface area (Å²) < 4.78 is 23.9. The lowest BCUT2D eigenvalue weighted by Crippen LogP contribution is -2.35. The van der Waals surface area contributed by atoms with Gasteiger partial charge >= 0.3 is 5.97 Å². The maximum atomic E-state index is 11.4. The van der Waals surface area contributed by atoms with Crippen molar-refractivity contribution in [3.05, 3.63) is 0 Å². The Bertz CT molecular complexity index is 274. The number of aliphatic hydroxyl groups is 1. The van der Waals surface area contributed by atoms with Crippen LogP contribution in [0.3, 0.4) is 0 Å². The molecule has 0 radical (unpaired) electrons. The van der Waals surface area contributed by atoms with E-state index in [9.17, 15) is 13.2 Å². The molecule has 0 spiro atoms. The first-order valence-electron chi connectivity index (χ1n) is 4.24. The average molecular weight is 225 g/mol. The topological polar surface area (TPSA) is 94.9 Å². The quantitative estimate of drug-likeness (QED) is 0.586. The molecule has 0 amide bonds. The Morgan fingerprint density at radius 3 is 2.36 bits per heavy atom. The first-order chi connectivity index (χ1) is 6.44. The molecule has 0 heterocycles. The van der Waals surface area contributed by atoms with E-state index in [1.807, 2.05) is 0 Å². The lowest BCUT2D eigenvalue weighted by molar-refractivity contribution is -0.136. The fourth-order valence-electron chi connectivity index (χ4n) is 0.951. The normalized spacial score (nSPS) is 11.9. The van der Waals surface area contributed by atoms with Crippen LogP contribution < -0.4 is 0 Å². The number of carboxylic acids is 1. The van der Waals surface area contributed by atoms with E-state index in [0.29, 0.717) is 0 Å². The Balaban J connectivity index is 4.34. The highest BCUT2D eigenvalue weighted by molar-refractivity contribution is 7.89. The summed E-state index contributed by atoms with van der Waals surface area (Å²) in [6, 6.07) is 0. The van der Waals surface area contributed by atoms with Gasteiger partial charge in [0.1, 0.15) is 0 Å². The van der Waals surface area contributed by atoms with Crippen molar-refractivity contribution in [3.63, 3.8) is 0 Å². The number of aliphatic carboxylic acids is 1. The van der Waals surface area contributed by atoms with E-state index in [-0.39, 0.29) is 19.7 Å². The summed E-state index contributed by atoms with van der Waals surface area (Å²) in [4.78, 5) is 10.2. The standard InChI is InChI=1S/C7H15NO5S/c1-2-8(4-5-9)14(12,13)6-3-7(10)11/h9H,2-6H2,1H3,(H,10,11).